The highest BCUT2D eigenvalue weighted by molar-refractivity contribution is 9.10. The number of carbonyl (C=O) groups excluding carboxylic acids is 2. The van der Waals surface area contributed by atoms with Crippen LogP contribution in [0.3, 0.4) is 0 Å². The number of halogens is 1. The molecule has 1 aliphatic heterocycles. The maximum Gasteiger partial charge on any atom is 0.346 e. The van der Waals surface area contributed by atoms with E-state index in [2.05, 4.69) is 20.7 Å². The predicted octanol–water partition coefficient (Wildman–Crippen LogP) is 4.01. The lowest BCUT2D eigenvalue weighted by atomic mass is 10.1. The Morgan fingerprint density at radius 1 is 1.24 bits per heavy atom. The molecule has 2 aromatic carbocycles. The summed E-state index contributed by atoms with van der Waals surface area (Å²) in [6.07, 6.45) is 0.930. The Balaban J connectivity index is 1.84. The Kier molecular flexibility index (Phi) is 4.90. The van der Waals surface area contributed by atoms with Gasteiger partial charge in [-0.2, -0.15) is 0 Å². The van der Waals surface area contributed by atoms with Crippen LogP contribution in [0.4, 0.5) is 0 Å². The van der Waals surface area contributed by atoms with Gasteiger partial charge in [0.25, 0.3) is 0 Å². The van der Waals surface area contributed by atoms with Crippen molar-refractivity contribution in [3.05, 3.63) is 63.8 Å². The number of hydrogen-bond donors (Lipinski definition) is 0. The van der Waals surface area contributed by atoms with E-state index in [0.717, 1.165) is 10.0 Å². The van der Waals surface area contributed by atoms with Gasteiger partial charge in [0, 0.05) is 10.5 Å². The SMILES string of the molecule is COC(=O)[C@@H](C)Oc1ccc2c(c1)O/C(=C\c1ccccc1Br)C2=O. The van der Waals surface area contributed by atoms with Crippen LogP contribution in [0.5, 0.6) is 11.5 Å². The van der Waals surface area contributed by atoms with E-state index in [1.54, 1.807) is 31.2 Å². The van der Waals surface area contributed by atoms with E-state index in [4.69, 9.17) is 9.47 Å². The smallest absolute Gasteiger partial charge is 0.346 e. The number of hydrogen-bond acceptors (Lipinski definition) is 5. The summed E-state index contributed by atoms with van der Waals surface area (Å²) in [5.41, 5.74) is 1.30. The van der Waals surface area contributed by atoms with Crippen LogP contribution in [0.15, 0.2) is 52.7 Å². The number of ketones is 1. The zero-order valence-electron chi connectivity index (χ0n) is 13.6. The van der Waals surface area contributed by atoms with Gasteiger partial charge in [-0.3, -0.25) is 4.79 Å². The fraction of sp³-hybridized carbons (Fsp3) is 0.158. The standard InChI is InChI=1S/C19H15BrO5/c1-11(19(22)23-2)24-13-7-8-14-16(10-13)25-17(18(14)21)9-12-5-3-4-6-15(12)20/h3-11H,1-2H3/b17-9-/t11-/m1/s1. The third-order valence-electron chi connectivity index (χ3n) is 3.68. The van der Waals surface area contributed by atoms with E-state index in [-0.39, 0.29) is 11.5 Å². The number of allylic oxidation sites excluding steroid dienone is 1. The average Bonchev–Trinajstić information content (AvgIpc) is 2.91. The number of carbonyl (C=O) groups is 2. The van der Waals surface area contributed by atoms with Crippen molar-refractivity contribution in [2.24, 2.45) is 0 Å². The van der Waals surface area contributed by atoms with Gasteiger partial charge in [0.2, 0.25) is 5.78 Å². The number of rotatable bonds is 4. The van der Waals surface area contributed by atoms with E-state index < -0.39 is 12.1 Å². The molecule has 0 spiro atoms. The second kappa shape index (κ2) is 7.11. The molecule has 3 rings (SSSR count). The van der Waals surface area contributed by atoms with Crippen LogP contribution in [0.1, 0.15) is 22.8 Å². The van der Waals surface area contributed by atoms with Gasteiger partial charge in [-0.15, -0.1) is 0 Å². The minimum Gasteiger partial charge on any atom is -0.479 e. The fourth-order valence-corrected chi connectivity index (χ4v) is 2.79. The van der Waals surface area contributed by atoms with E-state index >= 15 is 0 Å². The second-order valence-electron chi connectivity index (χ2n) is 5.40. The van der Waals surface area contributed by atoms with E-state index in [9.17, 15) is 9.59 Å². The Bertz CT molecular complexity index is 872. The average molecular weight is 403 g/mol. The van der Waals surface area contributed by atoms with Crippen molar-refractivity contribution >= 4 is 33.8 Å². The second-order valence-corrected chi connectivity index (χ2v) is 6.26. The zero-order chi connectivity index (χ0) is 18.0. The molecule has 1 heterocycles. The minimum absolute atomic E-state index is 0.196. The molecule has 5 nitrogen and oxygen atoms in total. The predicted molar refractivity (Wildman–Crippen MR) is 95.6 cm³/mol. The lowest BCUT2D eigenvalue weighted by Gasteiger charge is -2.12. The molecule has 128 valence electrons. The largest absolute Gasteiger partial charge is 0.479 e. The van der Waals surface area contributed by atoms with Crippen LogP contribution in [-0.4, -0.2) is 25.0 Å². The first-order chi connectivity index (χ1) is 12.0. The lowest BCUT2D eigenvalue weighted by molar-refractivity contribution is -0.147. The molecule has 2 aromatic rings. The molecule has 0 N–H and O–H groups in total. The van der Waals surface area contributed by atoms with Crippen LogP contribution in [-0.2, 0) is 9.53 Å². The minimum atomic E-state index is -0.754. The van der Waals surface area contributed by atoms with Crippen LogP contribution in [0.25, 0.3) is 6.08 Å². The summed E-state index contributed by atoms with van der Waals surface area (Å²) in [6.45, 7) is 1.59. The molecule has 0 bridgehead atoms. The Labute approximate surface area is 153 Å². The van der Waals surface area contributed by atoms with Crippen molar-refractivity contribution < 1.29 is 23.8 Å². The summed E-state index contributed by atoms with van der Waals surface area (Å²) in [5.74, 6) is 0.384. The van der Waals surface area contributed by atoms with Gasteiger partial charge in [0.15, 0.2) is 11.9 Å². The zero-order valence-corrected chi connectivity index (χ0v) is 15.2. The topological polar surface area (TPSA) is 61.8 Å². The summed E-state index contributed by atoms with van der Waals surface area (Å²) in [6, 6.07) is 12.4. The summed E-state index contributed by atoms with van der Waals surface area (Å²) >= 11 is 3.44. The number of Topliss-reactive ketones (excluding diaryl/α,β-unsaturated/α-hetero) is 1. The van der Waals surface area contributed by atoms with Crippen LogP contribution < -0.4 is 9.47 Å². The Hall–Kier alpha value is -2.60. The highest BCUT2D eigenvalue weighted by atomic mass is 79.9. The molecule has 0 saturated heterocycles. The number of fused-ring (bicyclic) bond motifs is 1. The summed E-state index contributed by atoms with van der Waals surface area (Å²) in [7, 11) is 1.30. The van der Waals surface area contributed by atoms with Gasteiger partial charge in [-0.05, 0) is 36.8 Å². The Morgan fingerprint density at radius 3 is 2.72 bits per heavy atom. The van der Waals surface area contributed by atoms with Gasteiger partial charge < -0.3 is 14.2 Å². The third-order valence-corrected chi connectivity index (χ3v) is 4.40. The van der Waals surface area contributed by atoms with Crippen LogP contribution in [0, 0.1) is 0 Å². The number of esters is 1. The van der Waals surface area contributed by atoms with Gasteiger partial charge in [0.05, 0.1) is 12.7 Å². The summed E-state index contributed by atoms with van der Waals surface area (Å²) in [4.78, 5) is 23.9. The highest BCUT2D eigenvalue weighted by Crippen LogP contribution is 2.35. The quantitative estimate of drug-likeness (QED) is 0.571. The van der Waals surface area contributed by atoms with Crippen LogP contribution >= 0.6 is 15.9 Å². The van der Waals surface area contributed by atoms with Crippen molar-refractivity contribution in [1.82, 2.24) is 0 Å². The summed E-state index contributed by atoms with van der Waals surface area (Å²) < 4.78 is 16.7. The maximum absolute atomic E-state index is 12.5. The van der Waals surface area contributed by atoms with Crippen molar-refractivity contribution in [3.63, 3.8) is 0 Å². The molecule has 0 aliphatic carbocycles. The van der Waals surface area contributed by atoms with E-state index in [0.29, 0.717) is 17.1 Å². The molecular weight excluding hydrogens is 388 g/mol. The number of ether oxygens (including phenoxy) is 3. The Morgan fingerprint density at radius 2 is 2.00 bits per heavy atom. The van der Waals surface area contributed by atoms with Crippen molar-refractivity contribution in [2.45, 2.75) is 13.0 Å². The molecule has 0 saturated carbocycles. The first kappa shape index (κ1) is 17.2. The lowest BCUT2D eigenvalue weighted by Crippen LogP contribution is -2.24. The highest BCUT2D eigenvalue weighted by Gasteiger charge is 2.28. The fourth-order valence-electron chi connectivity index (χ4n) is 2.39. The van der Waals surface area contributed by atoms with Gasteiger partial charge in [-0.1, -0.05) is 34.1 Å². The third kappa shape index (κ3) is 3.58. The maximum atomic E-state index is 12.5. The first-order valence-electron chi connectivity index (χ1n) is 7.57. The molecule has 25 heavy (non-hydrogen) atoms. The molecule has 1 atom stereocenters. The monoisotopic (exact) mass is 402 g/mol. The molecule has 0 fully saturated rings. The van der Waals surface area contributed by atoms with Crippen molar-refractivity contribution in [1.29, 1.82) is 0 Å². The van der Waals surface area contributed by atoms with Crippen molar-refractivity contribution in [2.75, 3.05) is 7.11 Å². The number of benzene rings is 2. The normalized spacial score (nSPS) is 15.5. The molecule has 6 heteroatoms. The molecule has 0 unspecified atom stereocenters. The van der Waals surface area contributed by atoms with E-state index in [1.165, 1.54) is 7.11 Å². The van der Waals surface area contributed by atoms with Gasteiger partial charge in [0.1, 0.15) is 11.5 Å². The van der Waals surface area contributed by atoms with Gasteiger partial charge in [-0.25, -0.2) is 4.79 Å². The molecular formula is C19H15BrO5. The number of methoxy groups -OCH3 is 1. The molecule has 0 amide bonds. The molecule has 1 aliphatic rings. The molecule has 0 radical (unpaired) electrons. The van der Waals surface area contributed by atoms with Crippen molar-refractivity contribution in [3.8, 4) is 11.5 Å². The van der Waals surface area contributed by atoms with Gasteiger partial charge >= 0.3 is 5.97 Å². The van der Waals surface area contributed by atoms with Crippen LogP contribution in [0.2, 0.25) is 0 Å². The summed E-state index contributed by atoms with van der Waals surface area (Å²) in [5, 5.41) is 0. The van der Waals surface area contributed by atoms with E-state index in [1.807, 2.05) is 24.3 Å². The molecule has 0 aromatic heterocycles. The first-order valence-corrected chi connectivity index (χ1v) is 8.36.